The number of rotatable bonds is 5. The van der Waals surface area contributed by atoms with Gasteiger partial charge in [-0.25, -0.2) is 0 Å². The van der Waals surface area contributed by atoms with E-state index in [1.807, 2.05) is 35.7 Å². The number of likely N-dealkylation sites (N-methyl/N-ethyl adjacent to an activating group) is 1. The fourth-order valence-corrected chi connectivity index (χ4v) is 3.86. The number of nitrogens with one attached hydrogen (secondary N) is 1. The van der Waals surface area contributed by atoms with Crippen LogP contribution in [-0.4, -0.2) is 24.9 Å². The maximum atomic E-state index is 12.7. The molecule has 1 N–H and O–H groups in total. The summed E-state index contributed by atoms with van der Waals surface area (Å²) >= 11 is 1.58. The Hall–Kier alpha value is -2.40. The third kappa shape index (κ3) is 4.61. The van der Waals surface area contributed by atoms with Crippen LogP contribution in [0.5, 0.6) is 0 Å². The summed E-state index contributed by atoms with van der Waals surface area (Å²) in [6.07, 6.45) is 8.99. The molecule has 1 heterocycles. The second-order valence-electron chi connectivity index (χ2n) is 6.57. The van der Waals surface area contributed by atoms with Gasteiger partial charge in [0.1, 0.15) is 0 Å². The van der Waals surface area contributed by atoms with Crippen LogP contribution in [0.25, 0.3) is 6.08 Å². The molecule has 0 atom stereocenters. The topological polar surface area (TPSA) is 49.4 Å². The monoisotopic (exact) mass is 368 g/mol. The zero-order valence-electron chi connectivity index (χ0n) is 15.0. The number of carbonyl (C=O) groups is 2. The maximum Gasteiger partial charge on any atom is 0.253 e. The Morgan fingerprint density at radius 2 is 1.88 bits per heavy atom. The highest BCUT2D eigenvalue weighted by atomic mass is 32.1. The normalized spacial score (nSPS) is 15.1. The summed E-state index contributed by atoms with van der Waals surface area (Å²) in [7, 11) is 1.70. The van der Waals surface area contributed by atoms with Gasteiger partial charge in [-0.05, 0) is 42.5 Å². The van der Waals surface area contributed by atoms with E-state index in [0.717, 1.165) is 17.7 Å². The van der Waals surface area contributed by atoms with Crippen molar-refractivity contribution in [3.63, 3.8) is 0 Å². The van der Waals surface area contributed by atoms with Crippen LogP contribution in [0.15, 0.2) is 47.9 Å². The van der Waals surface area contributed by atoms with Gasteiger partial charge in [0.25, 0.3) is 11.8 Å². The number of nitrogens with zero attached hydrogens (tertiary/aromatic N) is 1. The standard InChI is InChI=1S/C21H24N2O2S/c1-23(20(24)14-13-17-10-7-15-26-17)19-12-6-5-11-18(19)21(25)22-16-8-3-2-4-9-16/h5-7,10-16H,2-4,8-9H2,1H3,(H,22,25)/b14-13+. The lowest BCUT2D eigenvalue weighted by Crippen LogP contribution is -2.37. The Bertz CT molecular complexity index is 777. The first kappa shape index (κ1) is 18.4. The summed E-state index contributed by atoms with van der Waals surface area (Å²) in [5, 5.41) is 5.10. The third-order valence-corrected chi connectivity index (χ3v) is 5.55. The smallest absolute Gasteiger partial charge is 0.253 e. The first-order chi connectivity index (χ1) is 12.6. The van der Waals surface area contributed by atoms with Crippen molar-refractivity contribution in [2.45, 2.75) is 38.1 Å². The average molecular weight is 369 g/mol. The predicted octanol–water partition coefficient (Wildman–Crippen LogP) is 4.49. The van der Waals surface area contributed by atoms with E-state index in [-0.39, 0.29) is 17.9 Å². The molecule has 4 nitrogen and oxygen atoms in total. The van der Waals surface area contributed by atoms with Crippen LogP contribution >= 0.6 is 11.3 Å². The second-order valence-corrected chi connectivity index (χ2v) is 7.55. The number of thiophene rings is 1. The highest BCUT2D eigenvalue weighted by Gasteiger charge is 2.20. The van der Waals surface area contributed by atoms with Gasteiger partial charge in [-0.2, -0.15) is 0 Å². The fourth-order valence-electron chi connectivity index (χ4n) is 3.24. The summed E-state index contributed by atoms with van der Waals surface area (Å²) in [5.41, 5.74) is 1.17. The van der Waals surface area contributed by atoms with E-state index in [4.69, 9.17) is 0 Å². The molecule has 1 saturated carbocycles. The molecular formula is C21H24N2O2S. The van der Waals surface area contributed by atoms with Gasteiger partial charge in [0.05, 0.1) is 11.3 Å². The van der Waals surface area contributed by atoms with Gasteiger partial charge in [-0.3, -0.25) is 9.59 Å². The van der Waals surface area contributed by atoms with Crippen LogP contribution in [-0.2, 0) is 4.79 Å². The molecule has 3 rings (SSSR count). The van der Waals surface area contributed by atoms with E-state index in [1.54, 1.807) is 36.6 Å². The molecule has 0 radical (unpaired) electrons. The van der Waals surface area contributed by atoms with Gasteiger partial charge in [0.15, 0.2) is 0 Å². The predicted molar refractivity (Wildman–Crippen MR) is 108 cm³/mol. The number of para-hydroxylation sites is 1. The van der Waals surface area contributed by atoms with E-state index in [1.165, 1.54) is 24.2 Å². The molecular weight excluding hydrogens is 344 g/mol. The fraction of sp³-hybridized carbons (Fsp3) is 0.333. The van der Waals surface area contributed by atoms with Crippen molar-refractivity contribution >= 4 is 34.9 Å². The van der Waals surface area contributed by atoms with Crippen molar-refractivity contribution in [1.82, 2.24) is 5.32 Å². The van der Waals surface area contributed by atoms with Crippen LogP contribution in [0.1, 0.15) is 47.3 Å². The van der Waals surface area contributed by atoms with Crippen molar-refractivity contribution in [1.29, 1.82) is 0 Å². The van der Waals surface area contributed by atoms with Gasteiger partial charge in [0.2, 0.25) is 0 Å². The van der Waals surface area contributed by atoms with Crippen molar-refractivity contribution in [3.05, 3.63) is 58.3 Å². The average Bonchev–Trinajstić information content (AvgIpc) is 3.20. The molecule has 1 aliphatic rings. The van der Waals surface area contributed by atoms with Crippen LogP contribution < -0.4 is 10.2 Å². The Kier molecular flexibility index (Phi) is 6.23. The van der Waals surface area contributed by atoms with Crippen molar-refractivity contribution < 1.29 is 9.59 Å². The summed E-state index contributed by atoms with van der Waals surface area (Å²) in [6.45, 7) is 0. The molecule has 5 heteroatoms. The number of anilines is 1. The van der Waals surface area contributed by atoms with Crippen LogP contribution in [0, 0.1) is 0 Å². The first-order valence-electron chi connectivity index (χ1n) is 9.04. The van der Waals surface area contributed by atoms with Crippen LogP contribution in [0.3, 0.4) is 0 Å². The molecule has 2 aromatic rings. The zero-order chi connectivity index (χ0) is 18.4. The van der Waals surface area contributed by atoms with E-state index < -0.39 is 0 Å². The van der Waals surface area contributed by atoms with Crippen molar-refractivity contribution in [2.75, 3.05) is 11.9 Å². The summed E-state index contributed by atoms with van der Waals surface area (Å²) in [4.78, 5) is 27.8. The van der Waals surface area contributed by atoms with Crippen LogP contribution in [0.2, 0.25) is 0 Å². The molecule has 0 saturated heterocycles. The first-order valence-corrected chi connectivity index (χ1v) is 9.92. The lowest BCUT2D eigenvalue weighted by molar-refractivity contribution is -0.113. The number of hydrogen-bond acceptors (Lipinski definition) is 3. The summed E-state index contributed by atoms with van der Waals surface area (Å²) in [5.74, 6) is -0.259. The zero-order valence-corrected chi connectivity index (χ0v) is 15.8. The number of hydrogen-bond donors (Lipinski definition) is 1. The number of carbonyl (C=O) groups excluding carboxylic acids is 2. The van der Waals surface area contributed by atoms with E-state index in [2.05, 4.69) is 5.32 Å². The minimum atomic E-state index is -0.156. The van der Waals surface area contributed by atoms with Gasteiger partial charge in [-0.15, -0.1) is 11.3 Å². The van der Waals surface area contributed by atoms with E-state index in [0.29, 0.717) is 11.3 Å². The Balaban J connectivity index is 1.72. The van der Waals surface area contributed by atoms with E-state index >= 15 is 0 Å². The lowest BCUT2D eigenvalue weighted by Gasteiger charge is -2.24. The van der Waals surface area contributed by atoms with Gasteiger partial charge in [-0.1, -0.05) is 37.5 Å². The summed E-state index contributed by atoms with van der Waals surface area (Å²) in [6, 6.07) is 11.4. The third-order valence-electron chi connectivity index (χ3n) is 4.71. The quantitative estimate of drug-likeness (QED) is 0.791. The van der Waals surface area contributed by atoms with Crippen molar-refractivity contribution in [3.8, 4) is 0 Å². The molecule has 1 aromatic carbocycles. The Morgan fingerprint density at radius 3 is 2.62 bits per heavy atom. The van der Waals surface area contributed by atoms with Gasteiger partial charge < -0.3 is 10.2 Å². The molecule has 0 aliphatic heterocycles. The number of amides is 2. The second kappa shape index (κ2) is 8.81. The highest BCUT2D eigenvalue weighted by Crippen LogP contribution is 2.22. The molecule has 0 spiro atoms. The summed E-state index contributed by atoms with van der Waals surface area (Å²) < 4.78 is 0. The molecule has 26 heavy (non-hydrogen) atoms. The van der Waals surface area contributed by atoms with Crippen LogP contribution in [0.4, 0.5) is 5.69 Å². The van der Waals surface area contributed by atoms with Gasteiger partial charge in [0, 0.05) is 24.0 Å². The maximum absolute atomic E-state index is 12.7. The minimum absolute atomic E-state index is 0.102. The number of benzene rings is 1. The molecule has 136 valence electrons. The van der Waals surface area contributed by atoms with Crippen molar-refractivity contribution in [2.24, 2.45) is 0 Å². The molecule has 0 bridgehead atoms. The Labute approximate surface area is 158 Å². The molecule has 0 unspecified atom stereocenters. The van der Waals surface area contributed by atoms with E-state index in [9.17, 15) is 9.59 Å². The SMILES string of the molecule is CN(C(=O)/C=C/c1cccs1)c1ccccc1C(=O)NC1CCCCC1. The minimum Gasteiger partial charge on any atom is -0.349 e. The molecule has 1 aliphatic carbocycles. The van der Waals surface area contributed by atoms with Gasteiger partial charge >= 0.3 is 0 Å². The molecule has 2 amide bonds. The lowest BCUT2D eigenvalue weighted by atomic mass is 9.95. The molecule has 1 fully saturated rings. The highest BCUT2D eigenvalue weighted by molar-refractivity contribution is 7.10. The largest absolute Gasteiger partial charge is 0.349 e. The Morgan fingerprint density at radius 1 is 1.12 bits per heavy atom. The molecule has 1 aromatic heterocycles.